The van der Waals surface area contributed by atoms with Crippen molar-refractivity contribution in [3.05, 3.63) is 65.2 Å². The summed E-state index contributed by atoms with van der Waals surface area (Å²) < 4.78 is 4.99. The van der Waals surface area contributed by atoms with Crippen molar-refractivity contribution in [2.24, 2.45) is 0 Å². The van der Waals surface area contributed by atoms with Crippen LogP contribution in [0.5, 0.6) is 0 Å². The van der Waals surface area contributed by atoms with Gasteiger partial charge in [0, 0.05) is 25.8 Å². The van der Waals surface area contributed by atoms with Crippen LogP contribution in [-0.2, 0) is 16.1 Å². The lowest BCUT2D eigenvalue weighted by molar-refractivity contribution is -0.122. The third kappa shape index (κ3) is 3.68. The van der Waals surface area contributed by atoms with Gasteiger partial charge >= 0.3 is 0 Å². The Labute approximate surface area is 175 Å². The summed E-state index contributed by atoms with van der Waals surface area (Å²) >= 11 is 0. The molecule has 7 nitrogen and oxygen atoms in total. The molecule has 0 radical (unpaired) electrons. The van der Waals surface area contributed by atoms with Gasteiger partial charge in [-0.2, -0.15) is 0 Å². The van der Waals surface area contributed by atoms with Gasteiger partial charge in [0.05, 0.1) is 24.4 Å². The van der Waals surface area contributed by atoms with Gasteiger partial charge in [-0.1, -0.05) is 30.3 Å². The highest BCUT2D eigenvalue weighted by Crippen LogP contribution is 2.33. The van der Waals surface area contributed by atoms with E-state index < -0.39 is 6.04 Å². The summed E-state index contributed by atoms with van der Waals surface area (Å²) in [6.45, 7) is 1.64. The number of amides is 3. The number of para-hydroxylation sites is 1. The van der Waals surface area contributed by atoms with Crippen LogP contribution in [0.3, 0.4) is 0 Å². The predicted molar refractivity (Wildman–Crippen MR) is 112 cm³/mol. The number of hydrogen-bond acceptors (Lipinski definition) is 4. The molecule has 30 heavy (non-hydrogen) atoms. The number of benzene rings is 2. The maximum atomic E-state index is 13.4. The third-order valence-electron chi connectivity index (χ3n) is 5.67. The Morgan fingerprint density at radius 1 is 1.13 bits per heavy atom. The summed E-state index contributed by atoms with van der Waals surface area (Å²) in [4.78, 5) is 42.5. The monoisotopic (exact) mass is 407 g/mol. The number of ether oxygens (including phenoxy) is 1. The molecule has 0 aromatic heterocycles. The minimum Gasteiger partial charge on any atom is -0.383 e. The number of hydrogen-bond donors (Lipinski definition) is 1. The number of nitrogens with one attached hydrogen (secondary N) is 1. The van der Waals surface area contributed by atoms with Crippen molar-refractivity contribution >= 4 is 23.4 Å². The van der Waals surface area contributed by atoms with Gasteiger partial charge in [0.25, 0.3) is 11.8 Å². The fraction of sp³-hybridized carbons (Fsp3) is 0.348. The Bertz CT molecular complexity index is 974. The molecule has 3 amide bonds. The van der Waals surface area contributed by atoms with Crippen LogP contribution in [-0.4, -0.2) is 55.5 Å². The van der Waals surface area contributed by atoms with Gasteiger partial charge < -0.3 is 19.9 Å². The van der Waals surface area contributed by atoms with Crippen molar-refractivity contribution in [2.75, 3.05) is 31.7 Å². The molecular weight excluding hydrogens is 382 g/mol. The summed E-state index contributed by atoms with van der Waals surface area (Å²) in [5, 5.41) is 2.83. The van der Waals surface area contributed by atoms with E-state index in [0.29, 0.717) is 42.9 Å². The fourth-order valence-electron chi connectivity index (χ4n) is 4.18. The van der Waals surface area contributed by atoms with Crippen LogP contribution in [0, 0.1) is 0 Å². The van der Waals surface area contributed by atoms with E-state index in [9.17, 15) is 14.4 Å². The number of carbonyl (C=O) groups is 3. The number of carbonyl (C=O) groups excluding carboxylic acids is 3. The van der Waals surface area contributed by atoms with Crippen molar-refractivity contribution < 1.29 is 19.1 Å². The normalized spacial score (nSPS) is 18.1. The SMILES string of the molecule is COCCNC(=O)c1ccccc1CN1C(=O)[C@H]2CCCN2C(=O)c2ccccc21. The molecule has 2 aliphatic rings. The van der Waals surface area contributed by atoms with Gasteiger partial charge in [-0.05, 0) is 36.6 Å². The molecule has 0 saturated carbocycles. The van der Waals surface area contributed by atoms with E-state index in [2.05, 4.69) is 5.32 Å². The third-order valence-corrected chi connectivity index (χ3v) is 5.67. The molecule has 2 heterocycles. The Morgan fingerprint density at radius 3 is 2.73 bits per heavy atom. The first kappa shape index (κ1) is 20.1. The number of methoxy groups -OCH3 is 1. The van der Waals surface area contributed by atoms with Crippen molar-refractivity contribution in [1.82, 2.24) is 10.2 Å². The number of nitrogens with zero attached hydrogens (tertiary/aromatic N) is 2. The maximum Gasteiger partial charge on any atom is 0.256 e. The van der Waals surface area contributed by atoms with Crippen molar-refractivity contribution in [3.8, 4) is 0 Å². The highest BCUT2D eigenvalue weighted by molar-refractivity contribution is 6.11. The number of fused-ring (bicyclic) bond motifs is 2. The molecule has 1 fully saturated rings. The first-order valence-corrected chi connectivity index (χ1v) is 10.2. The predicted octanol–water partition coefficient (Wildman–Crippen LogP) is 2.21. The zero-order chi connectivity index (χ0) is 21.1. The lowest BCUT2D eigenvalue weighted by atomic mass is 10.0. The van der Waals surface area contributed by atoms with E-state index in [1.807, 2.05) is 24.3 Å². The van der Waals surface area contributed by atoms with E-state index in [1.165, 1.54) is 0 Å². The van der Waals surface area contributed by atoms with Crippen LogP contribution in [0.25, 0.3) is 0 Å². The summed E-state index contributed by atoms with van der Waals surface area (Å²) in [6.07, 6.45) is 1.48. The molecule has 1 atom stereocenters. The van der Waals surface area contributed by atoms with Crippen molar-refractivity contribution in [1.29, 1.82) is 0 Å². The largest absolute Gasteiger partial charge is 0.383 e. The average Bonchev–Trinajstić information content (AvgIpc) is 3.24. The zero-order valence-corrected chi connectivity index (χ0v) is 17.0. The van der Waals surface area contributed by atoms with E-state index in [1.54, 1.807) is 41.2 Å². The van der Waals surface area contributed by atoms with Gasteiger partial charge in [-0.15, -0.1) is 0 Å². The molecule has 0 spiro atoms. The molecule has 7 heteroatoms. The Balaban J connectivity index is 1.69. The summed E-state index contributed by atoms with van der Waals surface area (Å²) in [5.74, 6) is -0.410. The summed E-state index contributed by atoms with van der Waals surface area (Å²) in [6, 6.07) is 14.0. The maximum absolute atomic E-state index is 13.4. The van der Waals surface area contributed by atoms with Crippen LogP contribution >= 0.6 is 0 Å². The van der Waals surface area contributed by atoms with Gasteiger partial charge in [-0.3, -0.25) is 14.4 Å². The molecule has 0 aliphatic carbocycles. The highest BCUT2D eigenvalue weighted by Gasteiger charge is 2.42. The topological polar surface area (TPSA) is 79.0 Å². The van der Waals surface area contributed by atoms with Gasteiger partial charge in [0.15, 0.2) is 0 Å². The van der Waals surface area contributed by atoms with E-state index in [-0.39, 0.29) is 24.3 Å². The Morgan fingerprint density at radius 2 is 1.90 bits per heavy atom. The molecule has 156 valence electrons. The molecule has 4 rings (SSSR count). The van der Waals surface area contributed by atoms with Gasteiger partial charge in [0.2, 0.25) is 5.91 Å². The van der Waals surface area contributed by atoms with E-state index in [4.69, 9.17) is 4.74 Å². The zero-order valence-electron chi connectivity index (χ0n) is 17.0. The van der Waals surface area contributed by atoms with E-state index in [0.717, 1.165) is 12.0 Å². The second-order valence-electron chi connectivity index (χ2n) is 7.50. The quantitative estimate of drug-likeness (QED) is 0.745. The Kier molecular flexibility index (Phi) is 5.81. The highest BCUT2D eigenvalue weighted by atomic mass is 16.5. The van der Waals surface area contributed by atoms with Crippen LogP contribution < -0.4 is 10.2 Å². The fourth-order valence-corrected chi connectivity index (χ4v) is 4.18. The Hall–Kier alpha value is -3.19. The smallest absolute Gasteiger partial charge is 0.256 e. The first-order chi connectivity index (χ1) is 14.6. The average molecular weight is 407 g/mol. The lowest BCUT2D eigenvalue weighted by Gasteiger charge is -2.26. The van der Waals surface area contributed by atoms with Crippen LogP contribution in [0.4, 0.5) is 5.69 Å². The summed E-state index contributed by atoms with van der Waals surface area (Å²) in [5.41, 5.74) is 2.36. The molecule has 2 aliphatic heterocycles. The minimum absolute atomic E-state index is 0.0969. The summed E-state index contributed by atoms with van der Waals surface area (Å²) in [7, 11) is 1.58. The van der Waals surface area contributed by atoms with Gasteiger partial charge in [-0.25, -0.2) is 0 Å². The molecule has 1 saturated heterocycles. The molecule has 2 aromatic rings. The first-order valence-electron chi connectivity index (χ1n) is 10.2. The van der Waals surface area contributed by atoms with Crippen LogP contribution in [0.1, 0.15) is 39.1 Å². The van der Waals surface area contributed by atoms with Crippen molar-refractivity contribution in [3.63, 3.8) is 0 Å². The lowest BCUT2D eigenvalue weighted by Crippen LogP contribution is -2.44. The molecule has 0 unspecified atom stereocenters. The second kappa shape index (κ2) is 8.67. The van der Waals surface area contributed by atoms with E-state index >= 15 is 0 Å². The van der Waals surface area contributed by atoms with Gasteiger partial charge in [0.1, 0.15) is 6.04 Å². The second-order valence-corrected chi connectivity index (χ2v) is 7.50. The minimum atomic E-state index is -0.451. The number of anilines is 1. The molecule has 2 aromatic carbocycles. The number of rotatable bonds is 6. The molecule has 1 N–H and O–H groups in total. The molecule has 0 bridgehead atoms. The standard InChI is InChI=1S/C23H25N3O4/c1-30-14-12-24-21(27)17-8-3-2-7-16(17)15-26-19-10-5-4-9-18(19)22(28)25-13-6-11-20(25)23(26)29/h2-5,7-10,20H,6,11-15H2,1H3,(H,24,27)/t20-/m1/s1. The van der Waals surface area contributed by atoms with Crippen LogP contribution in [0.2, 0.25) is 0 Å². The van der Waals surface area contributed by atoms with Crippen molar-refractivity contribution in [2.45, 2.75) is 25.4 Å². The van der Waals surface area contributed by atoms with Crippen LogP contribution in [0.15, 0.2) is 48.5 Å². The molecular formula is C23H25N3O4.